The van der Waals surface area contributed by atoms with E-state index in [1.54, 1.807) is 0 Å². The molecule has 0 aliphatic carbocycles. The molecule has 0 N–H and O–H groups in total. The first-order valence-electron chi connectivity index (χ1n) is 6.58. The highest BCUT2D eigenvalue weighted by atomic mass is 35.5. The summed E-state index contributed by atoms with van der Waals surface area (Å²) in [6.07, 6.45) is 2.34. The predicted octanol–water partition coefficient (Wildman–Crippen LogP) is 4.35. The molecule has 0 unspecified atom stereocenters. The van der Waals surface area contributed by atoms with Crippen LogP contribution < -0.4 is 5.19 Å². The van der Waals surface area contributed by atoms with Crippen LogP contribution >= 0.6 is 11.6 Å². The van der Waals surface area contributed by atoms with Gasteiger partial charge in [0.1, 0.15) is 0 Å². The maximum atomic E-state index is 6.29. The van der Waals surface area contributed by atoms with Crippen molar-refractivity contribution in [3.63, 3.8) is 0 Å². The zero-order valence-electron chi connectivity index (χ0n) is 11.1. The predicted molar refractivity (Wildman–Crippen MR) is 78.7 cm³/mol. The molecule has 1 rings (SSSR count). The Hall–Kier alpha value is -0.313. The Morgan fingerprint density at radius 1 is 1.18 bits per heavy atom. The highest BCUT2D eigenvalue weighted by molar-refractivity contribution is 6.86. The van der Waals surface area contributed by atoms with Gasteiger partial charge in [-0.05, 0) is 35.8 Å². The van der Waals surface area contributed by atoms with Crippen LogP contribution in [-0.4, -0.2) is 14.9 Å². The molecule has 0 aliphatic heterocycles. The van der Waals surface area contributed by atoms with Gasteiger partial charge in [0, 0.05) is 11.6 Å². The van der Waals surface area contributed by atoms with Crippen molar-refractivity contribution in [2.24, 2.45) is 0 Å². The maximum Gasteiger partial charge on any atom is 0.223 e. The minimum absolute atomic E-state index is 0.820. The summed E-state index contributed by atoms with van der Waals surface area (Å²) in [4.78, 5) is 0. The summed E-state index contributed by atoms with van der Waals surface area (Å²) in [5, 5.41) is 2.16. The highest BCUT2D eigenvalue weighted by Gasteiger charge is 2.33. The van der Waals surface area contributed by atoms with Crippen molar-refractivity contribution >= 4 is 25.1 Å². The number of hydrogen-bond acceptors (Lipinski definition) is 1. The molecule has 0 heterocycles. The Morgan fingerprint density at radius 3 is 2.41 bits per heavy atom. The Labute approximate surface area is 111 Å². The smallest absolute Gasteiger partial charge is 0.223 e. The molecule has 0 saturated heterocycles. The summed E-state index contributed by atoms with van der Waals surface area (Å²) in [5.41, 5.74) is 0. The van der Waals surface area contributed by atoms with Crippen molar-refractivity contribution in [1.82, 2.24) is 0 Å². The first-order chi connectivity index (χ1) is 8.18. The van der Waals surface area contributed by atoms with Gasteiger partial charge in [0.05, 0.1) is 0 Å². The molecule has 0 bridgehead atoms. The maximum absolute atomic E-state index is 6.29. The van der Waals surface area contributed by atoms with Gasteiger partial charge in [0.2, 0.25) is 8.32 Å². The summed E-state index contributed by atoms with van der Waals surface area (Å²) in [5.74, 6) is 0. The highest BCUT2D eigenvalue weighted by Crippen LogP contribution is 2.19. The normalized spacial score (nSPS) is 11.8. The van der Waals surface area contributed by atoms with Gasteiger partial charge in [-0.2, -0.15) is 0 Å². The average molecular weight is 271 g/mol. The first kappa shape index (κ1) is 14.7. The van der Waals surface area contributed by atoms with Gasteiger partial charge in [-0.1, -0.05) is 50.9 Å². The minimum Gasteiger partial charge on any atom is -0.412 e. The van der Waals surface area contributed by atoms with E-state index in [1.165, 1.54) is 11.6 Å². The number of halogens is 1. The third-order valence-electron chi connectivity index (χ3n) is 3.37. The second kappa shape index (κ2) is 7.19. The molecule has 1 aromatic carbocycles. The van der Waals surface area contributed by atoms with E-state index >= 15 is 0 Å². The van der Waals surface area contributed by atoms with Crippen LogP contribution in [0.25, 0.3) is 0 Å². The fraction of sp³-hybridized carbons (Fsp3) is 0.571. The molecule has 0 spiro atoms. The summed E-state index contributed by atoms with van der Waals surface area (Å²) in [6.45, 7) is 7.56. The van der Waals surface area contributed by atoms with E-state index in [4.69, 9.17) is 16.0 Å². The van der Waals surface area contributed by atoms with Gasteiger partial charge in [0.15, 0.2) is 0 Å². The van der Waals surface area contributed by atoms with Gasteiger partial charge in [0.25, 0.3) is 0 Å². The number of hydrogen-bond donors (Lipinski definition) is 0. The van der Waals surface area contributed by atoms with E-state index in [1.807, 2.05) is 12.1 Å². The molecule has 3 heteroatoms. The topological polar surface area (TPSA) is 9.23 Å². The van der Waals surface area contributed by atoms with Crippen molar-refractivity contribution in [3.05, 3.63) is 29.3 Å². The van der Waals surface area contributed by atoms with Crippen LogP contribution in [0.15, 0.2) is 24.3 Å². The fourth-order valence-corrected chi connectivity index (χ4v) is 5.66. The lowest BCUT2D eigenvalue weighted by Gasteiger charge is -2.30. The van der Waals surface area contributed by atoms with Crippen LogP contribution in [-0.2, 0) is 4.43 Å². The van der Waals surface area contributed by atoms with Gasteiger partial charge in [-0.15, -0.1) is 0 Å². The Bertz CT molecular complexity index is 337. The van der Waals surface area contributed by atoms with E-state index < -0.39 is 8.32 Å². The summed E-state index contributed by atoms with van der Waals surface area (Å²) in [6, 6.07) is 10.5. The van der Waals surface area contributed by atoms with Gasteiger partial charge in [-0.25, -0.2) is 0 Å². The van der Waals surface area contributed by atoms with Gasteiger partial charge in [-0.3, -0.25) is 0 Å². The molecule has 0 radical (unpaired) electrons. The van der Waals surface area contributed by atoms with Crippen molar-refractivity contribution < 1.29 is 4.43 Å². The quantitative estimate of drug-likeness (QED) is 0.529. The molecule has 0 aliphatic rings. The van der Waals surface area contributed by atoms with Crippen molar-refractivity contribution in [2.45, 2.75) is 45.7 Å². The molecular formula is C14H23ClOSi. The van der Waals surface area contributed by atoms with Gasteiger partial charge >= 0.3 is 0 Å². The molecule has 1 nitrogen and oxygen atoms in total. The standard InChI is InChI=1S/C14H23ClOSi/c1-4-7-11-16-17(5-2,6-3)14-10-8-9-13(15)12-14/h8-10,12H,4-7,11H2,1-3H3. The first-order valence-corrected chi connectivity index (χ1v) is 9.28. The number of unbranched alkanes of at least 4 members (excludes halogenated alkanes) is 1. The Balaban J connectivity index is 2.89. The molecule has 0 atom stereocenters. The molecule has 0 aromatic heterocycles. The second-order valence-electron chi connectivity index (χ2n) is 4.41. The monoisotopic (exact) mass is 270 g/mol. The van der Waals surface area contributed by atoms with Gasteiger partial charge < -0.3 is 4.43 Å². The molecule has 17 heavy (non-hydrogen) atoms. The Morgan fingerprint density at radius 2 is 1.88 bits per heavy atom. The summed E-state index contributed by atoms with van der Waals surface area (Å²) >= 11 is 6.09. The SMILES string of the molecule is CCCCO[Si](CC)(CC)c1cccc(Cl)c1. The van der Waals surface area contributed by atoms with Crippen molar-refractivity contribution in [1.29, 1.82) is 0 Å². The van der Waals surface area contributed by atoms with Crippen LogP contribution in [0.4, 0.5) is 0 Å². The van der Waals surface area contributed by atoms with Crippen molar-refractivity contribution in [3.8, 4) is 0 Å². The molecule has 0 saturated carbocycles. The van der Waals surface area contributed by atoms with E-state index in [-0.39, 0.29) is 0 Å². The average Bonchev–Trinajstić information content (AvgIpc) is 2.35. The summed E-state index contributed by atoms with van der Waals surface area (Å²) in [7, 11) is -1.77. The lowest BCUT2D eigenvalue weighted by Crippen LogP contribution is -2.49. The van der Waals surface area contributed by atoms with Crippen LogP contribution in [0.3, 0.4) is 0 Å². The Kier molecular flexibility index (Phi) is 6.24. The van der Waals surface area contributed by atoms with E-state index in [0.717, 1.165) is 30.1 Å². The fourth-order valence-electron chi connectivity index (χ4n) is 2.13. The minimum atomic E-state index is -1.77. The zero-order chi connectivity index (χ0) is 12.7. The lowest BCUT2D eigenvalue weighted by molar-refractivity contribution is 0.300. The largest absolute Gasteiger partial charge is 0.412 e. The third-order valence-corrected chi connectivity index (χ3v) is 8.01. The zero-order valence-corrected chi connectivity index (χ0v) is 12.9. The van der Waals surface area contributed by atoms with Crippen LogP contribution in [0.5, 0.6) is 0 Å². The lowest BCUT2D eigenvalue weighted by atomic mass is 10.4. The summed E-state index contributed by atoms with van der Waals surface area (Å²) < 4.78 is 6.29. The van der Waals surface area contributed by atoms with E-state index in [0.29, 0.717) is 0 Å². The van der Waals surface area contributed by atoms with E-state index in [9.17, 15) is 0 Å². The number of benzene rings is 1. The molecule has 0 fully saturated rings. The molecule has 0 amide bonds. The van der Waals surface area contributed by atoms with Crippen LogP contribution in [0.1, 0.15) is 33.6 Å². The molecular weight excluding hydrogens is 248 g/mol. The van der Waals surface area contributed by atoms with E-state index in [2.05, 4.69) is 32.9 Å². The molecule has 1 aromatic rings. The third kappa shape index (κ3) is 3.83. The second-order valence-corrected chi connectivity index (χ2v) is 9.12. The van der Waals surface area contributed by atoms with Crippen molar-refractivity contribution in [2.75, 3.05) is 6.61 Å². The van der Waals surface area contributed by atoms with Crippen LogP contribution in [0.2, 0.25) is 17.1 Å². The van der Waals surface area contributed by atoms with Crippen LogP contribution in [0, 0.1) is 0 Å². The number of rotatable bonds is 7. The molecule has 96 valence electrons.